The molecule has 2 heterocycles. The van der Waals surface area contributed by atoms with Crippen LogP contribution in [0.2, 0.25) is 0 Å². The fourth-order valence-corrected chi connectivity index (χ4v) is 3.19. The van der Waals surface area contributed by atoms with Crippen molar-refractivity contribution in [1.82, 2.24) is 10.2 Å². The number of hydrogen-bond acceptors (Lipinski definition) is 3. The van der Waals surface area contributed by atoms with Gasteiger partial charge in [-0.15, -0.1) is 0 Å². The van der Waals surface area contributed by atoms with E-state index in [-0.39, 0.29) is 0 Å². The monoisotopic (exact) mass is 214 g/mol. The molecule has 2 saturated heterocycles. The standard InChI is InChI=1S/C10H18N2OS/c13-10(9-1-7-14-8-2-9)12-5-3-11-4-6-12/h9,11H,1-8H2. The van der Waals surface area contributed by atoms with Crippen molar-refractivity contribution >= 4 is 17.7 Å². The van der Waals surface area contributed by atoms with Crippen LogP contribution in [-0.2, 0) is 4.79 Å². The van der Waals surface area contributed by atoms with E-state index < -0.39 is 0 Å². The maximum absolute atomic E-state index is 12.0. The van der Waals surface area contributed by atoms with E-state index in [0.717, 1.165) is 39.0 Å². The summed E-state index contributed by atoms with van der Waals surface area (Å²) in [6.07, 6.45) is 2.18. The van der Waals surface area contributed by atoms with Gasteiger partial charge in [0.15, 0.2) is 0 Å². The zero-order valence-corrected chi connectivity index (χ0v) is 9.31. The van der Waals surface area contributed by atoms with Crippen LogP contribution in [0.4, 0.5) is 0 Å². The topological polar surface area (TPSA) is 32.3 Å². The molecule has 14 heavy (non-hydrogen) atoms. The fraction of sp³-hybridized carbons (Fsp3) is 0.900. The Bertz CT molecular complexity index is 178. The van der Waals surface area contributed by atoms with Gasteiger partial charge >= 0.3 is 0 Å². The maximum Gasteiger partial charge on any atom is 0.225 e. The van der Waals surface area contributed by atoms with Crippen molar-refractivity contribution in [3.63, 3.8) is 0 Å². The first-order valence-corrected chi connectivity index (χ1v) is 6.60. The SMILES string of the molecule is O=C(C1CCSCC1)N1CCNCC1. The number of nitrogens with one attached hydrogen (secondary N) is 1. The number of carbonyl (C=O) groups is 1. The molecule has 1 N–H and O–H groups in total. The molecule has 1 amide bonds. The number of rotatable bonds is 1. The summed E-state index contributed by atoms with van der Waals surface area (Å²) < 4.78 is 0. The molecule has 2 aliphatic rings. The predicted octanol–water partition coefficient (Wildman–Crippen LogP) is 0.561. The minimum atomic E-state index is 0.328. The highest BCUT2D eigenvalue weighted by atomic mass is 32.2. The Kier molecular flexibility index (Phi) is 3.70. The first-order valence-electron chi connectivity index (χ1n) is 5.45. The first kappa shape index (κ1) is 10.3. The van der Waals surface area contributed by atoms with Gasteiger partial charge in [0.2, 0.25) is 5.91 Å². The summed E-state index contributed by atoms with van der Waals surface area (Å²) in [7, 11) is 0. The van der Waals surface area contributed by atoms with E-state index in [1.807, 2.05) is 16.7 Å². The van der Waals surface area contributed by atoms with Gasteiger partial charge in [0.1, 0.15) is 0 Å². The lowest BCUT2D eigenvalue weighted by molar-refractivity contribution is -0.136. The molecule has 0 bridgehead atoms. The maximum atomic E-state index is 12.0. The average molecular weight is 214 g/mol. The van der Waals surface area contributed by atoms with E-state index in [1.165, 1.54) is 11.5 Å². The zero-order valence-electron chi connectivity index (χ0n) is 8.50. The van der Waals surface area contributed by atoms with Gasteiger partial charge in [0.05, 0.1) is 0 Å². The molecule has 3 nitrogen and oxygen atoms in total. The molecule has 2 aliphatic heterocycles. The van der Waals surface area contributed by atoms with Crippen LogP contribution in [0.1, 0.15) is 12.8 Å². The Labute approximate surface area is 89.6 Å². The van der Waals surface area contributed by atoms with E-state index in [2.05, 4.69) is 5.32 Å². The van der Waals surface area contributed by atoms with Crippen LogP contribution in [0.5, 0.6) is 0 Å². The van der Waals surface area contributed by atoms with Crippen molar-refractivity contribution in [2.75, 3.05) is 37.7 Å². The molecule has 0 spiro atoms. The van der Waals surface area contributed by atoms with Crippen molar-refractivity contribution in [1.29, 1.82) is 0 Å². The Morgan fingerprint density at radius 1 is 1.21 bits per heavy atom. The Balaban J connectivity index is 1.85. The highest BCUT2D eigenvalue weighted by Gasteiger charge is 2.26. The van der Waals surface area contributed by atoms with Crippen LogP contribution in [0, 0.1) is 5.92 Å². The second-order valence-electron chi connectivity index (χ2n) is 3.96. The van der Waals surface area contributed by atoms with Gasteiger partial charge in [-0.25, -0.2) is 0 Å². The first-order chi connectivity index (χ1) is 6.88. The highest BCUT2D eigenvalue weighted by molar-refractivity contribution is 7.99. The van der Waals surface area contributed by atoms with E-state index in [4.69, 9.17) is 0 Å². The van der Waals surface area contributed by atoms with Gasteiger partial charge in [0.25, 0.3) is 0 Å². The summed E-state index contributed by atoms with van der Waals surface area (Å²) in [6.45, 7) is 3.74. The molecule has 2 rings (SSSR count). The second kappa shape index (κ2) is 5.03. The van der Waals surface area contributed by atoms with Crippen LogP contribution in [0.15, 0.2) is 0 Å². The van der Waals surface area contributed by atoms with E-state index >= 15 is 0 Å². The number of amides is 1. The number of piperazine rings is 1. The van der Waals surface area contributed by atoms with Crippen molar-refractivity contribution in [3.8, 4) is 0 Å². The third-order valence-electron chi connectivity index (χ3n) is 3.00. The molecule has 0 aromatic heterocycles. The van der Waals surface area contributed by atoms with E-state index in [1.54, 1.807) is 0 Å². The lowest BCUT2D eigenvalue weighted by Crippen LogP contribution is -2.48. The fourth-order valence-electron chi connectivity index (χ4n) is 2.09. The van der Waals surface area contributed by atoms with Crippen molar-refractivity contribution in [3.05, 3.63) is 0 Å². The number of carbonyl (C=O) groups excluding carboxylic acids is 1. The van der Waals surface area contributed by atoms with Crippen molar-refractivity contribution in [2.45, 2.75) is 12.8 Å². The Morgan fingerprint density at radius 2 is 1.86 bits per heavy atom. The van der Waals surface area contributed by atoms with Gasteiger partial charge in [0, 0.05) is 32.1 Å². The van der Waals surface area contributed by atoms with Gasteiger partial charge in [-0.1, -0.05) is 0 Å². The van der Waals surface area contributed by atoms with Crippen LogP contribution in [0.3, 0.4) is 0 Å². The van der Waals surface area contributed by atoms with Crippen LogP contribution < -0.4 is 5.32 Å². The molecule has 0 radical (unpaired) electrons. The van der Waals surface area contributed by atoms with Crippen LogP contribution in [-0.4, -0.2) is 48.5 Å². The third-order valence-corrected chi connectivity index (χ3v) is 4.05. The van der Waals surface area contributed by atoms with E-state index in [0.29, 0.717) is 11.8 Å². The molecule has 2 fully saturated rings. The molecular formula is C10H18N2OS. The third kappa shape index (κ3) is 2.42. The van der Waals surface area contributed by atoms with Gasteiger partial charge in [-0.3, -0.25) is 4.79 Å². The molecule has 0 aromatic rings. The summed E-state index contributed by atoms with van der Waals surface area (Å²) >= 11 is 1.98. The Morgan fingerprint density at radius 3 is 2.50 bits per heavy atom. The van der Waals surface area contributed by atoms with E-state index in [9.17, 15) is 4.79 Å². The Hall–Kier alpha value is -0.220. The largest absolute Gasteiger partial charge is 0.340 e. The quantitative estimate of drug-likeness (QED) is 0.692. The number of nitrogens with zero attached hydrogens (tertiary/aromatic N) is 1. The predicted molar refractivity (Wildman–Crippen MR) is 59.5 cm³/mol. The van der Waals surface area contributed by atoms with Crippen molar-refractivity contribution in [2.24, 2.45) is 5.92 Å². The lowest BCUT2D eigenvalue weighted by Gasteiger charge is -2.32. The minimum Gasteiger partial charge on any atom is -0.340 e. The number of hydrogen-bond donors (Lipinski definition) is 1. The molecule has 80 valence electrons. The molecule has 0 unspecified atom stereocenters. The van der Waals surface area contributed by atoms with Gasteiger partial charge in [-0.2, -0.15) is 11.8 Å². The normalized spacial score (nSPS) is 25.0. The van der Waals surface area contributed by atoms with Gasteiger partial charge in [-0.05, 0) is 24.3 Å². The molecule has 0 aromatic carbocycles. The highest BCUT2D eigenvalue weighted by Crippen LogP contribution is 2.24. The molecule has 0 aliphatic carbocycles. The summed E-state index contributed by atoms with van der Waals surface area (Å²) in [6, 6.07) is 0. The molecule has 4 heteroatoms. The summed E-state index contributed by atoms with van der Waals surface area (Å²) in [4.78, 5) is 14.1. The van der Waals surface area contributed by atoms with Crippen molar-refractivity contribution < 1.29 is 4.79 Å². The molecule has 0 atom stereocenters. The minimum absolute atomic E-state index is 0.328. The molecular weight excluding hydrogens is 196 g/mol. The zero-order chi connectivity index (χ0) is 9.80. The van der Waals surface area contributed by atoms with Crippen LogP contribution in [0.25, 0.3) is 0 Å². The summed E-state index contributed by atoms with van der Waals surface area (Å²) in [5.41, 5.74) is 0. The smallest absolute Gasteiger partial charge is 0.225 e. The average Bonchev–Trinajstić information content (AvgIpc) is 2.30. The van der Waals surface area contributed by atoms with Gasteiger partial charge < -0.3 is 10.2 Å². The number of thioether (sulfide) groups is 1. The molecule has 0 saturated carbocycles. The summed E-state index contributed by atoms with van der Waals surface area (Å²) in [5.74, 6) is 3.08. The lowest BCUT2D eigenvalue weighted by atomic mass is 10.0. The van der Waals surface area contributed by atoms with Crippen LogP contribution >= 0.6 is 11.8 Å². The summed E-state index contributed by atoms with van der Waals surface area (Å²) in [5, 5.41) is 3.27. The second-order valence-corrected chi connectivity index (χ2v) is 5.19.